The highest BCUT2D eigenvalue weighted by Crippen LogP contribution is 2.54. The number of nitrogens with zero attached hydrogens (tertiary/aromatic N) is 6. The van der Waals surface area contributed by atoms with E-state index in [-0.39, 0.29) is 11.8 Å². The number of likely N-dealkylation sites (tertiary alicyclic amines) is 1. The van der Waals surface area contributed by atoms with Crippen LogP contribution in [0.5, 0.6) is 0 Å². The van der Waals surface area contributed by atoms with Crippen LogP contribution < -0.4 is 0 Å². The van der Waals surface area contributed by atoms with Crippen molar-refractivity contribution < 1.29 is 19.1 Å². The molecule has 3 saturated heterocycles. The van der Waals surface area contributed by atoms with Gasteiger partial charge < -0.3 is 19.3 Å². The zero-order valence-corrected chi connectivity index (χ0v) is 21.1. The summed E-state index contributed by atoms with van der Waals surface area (Å²) in [7, 11) is 0. The second kappa shape index (κ2) is 9.00. The average Bonchev–Trinajstić information content (AvgIpc) is 3.72. The predicted octanol–water partition coefficient (Wildman–Crippen LogP) is 2.05. The second-order valence-corrected chi connectivity index (χ2v) is 10.5. The molecule has 0 aliphatic carbocycles. The third-order valence-electron chi connectivity index (χ3n) is 7.97. The first-order valence-electron chi connectivity index (χ1n) is 12.7. The van der Waals surface area contributed by atoms with Crippen LogP contribution in [-0.2, 0) is 19.1 Å². The molecule has 38 heavy (non-hydrogen) atoms. The molecule has 194 valence electrons. The molecule has 0 radical (unpaired) electrons. The third kappa shape index (κ3) is 3.58. The molecular weight excluding hydrogens is 508 g/mol. The maximum Gasteiger partial charge on any atom is 0.230 e. The first kappa shape index (κ1) is 23.5. The maximum atomic E-state index is 14.3. The first-order chi connectivity index (χ1) is 18.6. The minimum absolute atomic E-state index is 0.0491. The van der Waals surface area contributed by atoms with Crippen LogP contribution in [0, 0.1) is 11.8 Å². The Morgan fingerprint density at radius 2 is 1.84 bits per heavy atom. The second-order valence-electron chi connectivity index (χ2n) is 10.0. The summed E-state index contributed by atoms with van der Waals surface area (Å²) in [6.45, 7) is 2.33. The standard InChI is InChI=1S/C27H25ClN6O4/c28-18-6-8-19(9-7-18)34-24(29-30-31-34)23(17-4-2-1-3-5-17)33-16-27-11-10-20(38-27)21(22(27)26(33)36)25(35)32-12-14-37-15-13-32/h1-11,20-23H,12-16H2/t20-,21-,22+,23+,27+/m1/s1. The molecule has 5 heterocycles. The Balaban J connectivity index is 1.28. The Bertz CT molecular complexity index is 1410. The molecular formula is C27H25ClN6O4. The molecule has 1 spiro atoms. The summed E-state index contributed by atoms with van der Waals surface area (Å²) in [5.74, 6) is -0.883. The van der Waals surface area contributed by atoms with Gasteiger partial charge in [-0.2, -0.15) is 4.68 Å². The van der Waals surface area contributed by atoms with E-state index in [1.807, 2.05) is 54.6 Å². The Kier molecular flexibility index (Phi) is 5.57. The van der Waals surface area contributed by atoms with Gasteiger partial charge in [0.05, 0.1) is 43.4 Å². The monoisotopic (exact) mass is 532 g/mol. The molecule has 5 atom stereocenters. The highest BCUT2D eigenvalue weighted by atomic mass is 35.5. The van der Waals surface area contributed by atoms with Crippen LogP contribution >= 0.6 is 11.6 Å². The van der Waals surface area contributed by atoms with Crippen molar-refractivity contribution in [3.8, 4) is 5.69 Å². The van der Waals surface area contributed by atoms with Crippen molar-refractivity contribution in [2.45, 2.75) is 17.7 Å². The van der Waals surface area contributed by atoms with Gasteiger partial charge in [-0.1, -0.05) is 54.1 Å². The number of halogens is 1. The fourth-order valence-corrected chi connectivity index (χ4v) is 6.38. The minimum Gasteiger partial charge on any atom is -0.378 e. The summed E-state index contributed by atoms with van der Waals surface area (Å²) < 4.78 is 13.5. The molecule has 2 amide bonds. The number of hydrogen-bond donors (Lipinski definition) is 0. The topological polar surface area (TPSA) is 103 Å². The van der Waals surface area contributed by atoms with E-state index >= 15 is 0 Å². The van der Waals surface area contributed by atoms with Crippen molar-refractivity contribution in [3.63, 3.8) is 0 Å². The highest BCUT2D eigenvalue weighted by molar-refractivity contribution is 6.30. The number of carbonyl (C=O) groups excluding carboxylic acids is 2. The number of rotatable bonds is 5. The first-order valence-corrected chi connectivity index (χ1v) is 13.1. The van der Waals surface area contributed by atoms with Crippen molar-refractivity contribution in [2.24, 2.45) is 11.8 Å². The number of amides is 2. The summed E-state index contributed by atoms with van der Waals surface area (Å²) >= 11 is 6.11. The predicted molar refractivity (Wildman–Crippen MR) is 135 cm³/mol. The summed E-state index contributed by atoms with van der Waals surface area (Å²) in [6.07, 6.45) is 3.50. The highest BCUT2D eigenvalue weighted by Gasteiger charge is 2.68. The Labute approximate surface area is 223 Å². The van der Waals surface area contributed by atoms with Crippen molar-refractivity contribution in [3.05, 3.63) is 83.2 Å². The summed E-state index contributed by atoms with van der Waals surface area (Å²) in [5, 5.41) is 13.2. The van der Waals surface area contributed by atoms with Gasteiger partial charge in [0.2, 0.25) is 11.8 Å². The lowest BCUT2D eigenvalue weighted by molar-refractivity contribution is -0.146. The number of carbonyl (C=O) groups is 2. The van der Waals surface area contributed by atoms with Crippen molar-refractivity contribution in [2.75, 3.05) is 32.8 Å². The van der Waals surface area contributed by atoms with E-state index in [4.69, 9.17) is 21.1 Å². The zero-order chi connectivity index (χ0) is 25.9. The lowest BCUT2D eigenvalue weighted by Gasteiger charge is -2.33. The van der Waals surface area contributed by atoms with E-state index in [9.17, 15) is 9.59 Å². The summed E-state index contributed by atoms with van der Waals surface area (Å²) in [4.78, 5) is 31.5. The van der Waals surface area contributed by atoms with Crippen LogP contribution in [0.4, 0.5) is 0 Å². The smallest absolute Gasteiger partial charge is 0.230 e. The van der Waals surface area contributed by atoms with Crippen LogP contribution in [-0.4, -0.2) is 86.4 Å². The van der Waals surface area contributed by atoms with Crippen LogP contribution in [0.25, 0.3) is 5.69 Å². The van der Waals surface area contributed by atoms with Gasteiger partial charge in [0.15, 0.2) is 5.82 Å². The zero-order valence-electron chi connectivity index (χ0n) is 20.4. The van der Waals surface area contributed by atoms with Gasteiger partial charge in [-0.3, -0.25) is 9.59 Å². The Hall–Kier alpha value is -3.60. The van der Waals surface area contributed by atoms with E-state index in [0.717, 1.165) is 11.3 Å². The molecule has 2 aromatic carbocycles. The number of morpholine rings is 1. The Morgan fingerprint density at radius 3 is 2.61 bits per heavy atom. The molecule has 4 aliphatic heterocycles. The molecule has 0 unspecified atom stereocenters. The molecule has 0 saturated carbocycles. The van der Waals surface area contributed by atoms with Gasteiger partial charge in [-0.15, -0.1) is 5.10 Å². The van der Waals surface area contributed by atoms with Gasteiger partial charge in [0, 0.05) is 18.1 Å². The van der Waals surface area contributed by atoms with E-state index in [2.05, 4.69) is 15.5 Å². The maximum absolute atomic E-state index is 14.3. The normalized spacial score (nSPS) is 28.7. The van der Waals surface area contributed by atoms with Gasteiger partial charge in [0.1, 0.15) is 11.6 Å². The minimum atomic E-state index is -0.861. The van der Waals surface area contributed by atoms with Crippen molar-refractivity contribution >= 4 is 23.4 Å². The SMILES string of the molecule is O=C([C@H]1[C@H]2C(=O)N([C@@H](c3ccccc3)c3nnnn3-c3ccc(Cl)cc3)C[C@@]23C=C[C@H]1O3)N1CCOCC1. The number of ether oxygens (including phenoxy) is 2. The number of benzene rings is 2. The Morgan fingerprint density at radius 1 is 1.08 bits per heavy atom. The molecule has 3 aromatic rings. The van der Waals surface area contributed by atoms with Crippen LogP contribution in [0.2, 0.25) is 5.02 Å². The van der Waals surface area contributed by atoms with Crippen molar-refractivity contribution in [1.82, 2.24) is 30.0 Å². The lowest BCUT2D eigenvalue weighted by Crippen LogP contribution is -2.49. The average molecular weight is 533 g/mol. The van der Waals surface area contributed by atoms with Gasteiger partial charge >= 0.3 is 0 Å². The largest absolute Gasteiger partial charge is 0.378 e. The van der Waals surface area contributed by atoms with E-state index in [1.165, 1.54) is 0 Å². The molecule has 7 rings (SSSR count). The van der Waals surface area contributed by atoms with E-state index in [1.54, 1.807) is 26.6 Å². The molecule has 3 fully saturated rings. The van der Waals surface area contributed by atoms with Gasteiger partial charge in [-0.25, -0.2) is 0 Å². The third-order valence-corrected chi connectivity index (χ3v) is 8.23. The number of hydrogen-bond acceptors (Lipinski definition) is 7. The van der Waals surface area contributed by atoms with Gasteiger partial charge in [0.25, 0.3) is 0 Å². The lowest BCUT2D eigenvalue weighted by atomic mass is 9.76. The number of fused-ring (bicyclic) bond motifs is 1. The van der Waals surface area contributed by atoms with Crippen LogP contribution in [0.3, 0.4) is 0 Å². The van der Waals surface area contributed by atoms with Crippen LogP contribution in [0.15, 0.2) is 66.7 Å². The van der Waals surface area contributed by atoms with Crippen molar-refractivity contribution in [1.29, 1.82) is 0 Å². The quantitative estimate of drug-likeness (QED) is 0.463. The fourth-order valence-electron chi connectivity index (χ4n) is 6.26. The van der Waals surface area contributed by atoms with Crippen LogP contribution in [0.1, 0.15) is 17.4 Å². The summed E-state index contributed by atoms with van der Waals surface area (Å²) in [5.41, 5.74) is 0.717. The molecule has 4 aliphatic rings. The number of tetrazole rings is 1. The number of aromatic nitrogens is 4. The van der Waals surface area contributed by atoms with E-state index in [0.29, 0.717) is 43.7 Å². The fraction of sp³-hybridized carbons (Fsp3) is 0.370. The van der Waals surface area contributed by atoms with Gasteiger partial charge in [-0.05, 0) is 40.3 Å². The molecule has 10 nitrogen and oxygen atoms in total. The summed E-state index contributed by atoms with van der Waals surface area (Å²) in [6, 6.07) is 16.3. The molecule has 11 heteroatoms. The molecule has 0 N–H and O–H groups in total. The molecule has 1 aromatic heterocycles. The molecule has 2 bridgehead atoms. The van der Waals surface area contributed by atoms with E-state index < -0.39 is 29.6 Å².